The summed E-state index contributed by atoms with van der Waals surface area (Å²) < 4.78 is 11.4. The lowest BCUT2D eigenvalue weighted by molar-refractivity contribution is 0.0553. The summed E-state index contributed by atoms with van der Waals surface area (Å²) in [6.45, 7) is 4.47. The van der Waals surface area contributed by atoms with Crippen LogP contribution in [-0.2, 0) is 10.8 Å². The number of piperazine rings is 1. The first-order valence-electron chi connectivity index (χ1n) is 7.57. The van der Waals surface area contributed by atoms with Gasteiger partial charge in [0.25, 0.3) is 0 Å². The molecule has 1 aromatic carbocycles. The molecule has 2 fully saturated rings. The van der Waals surface area contributed by atoms with Crippen LogP contribution in [0.3, 0.4) is 0 Å². The third-order valence-corrected chi connectivity index (χ3v) is 5.40. The summed E-state index contributed by atoms with van der Waals surface area (Å²) >= 11 is 0. The minimum absolute atomic E-state index is 0.467. The van der Waals surface area contributed by atoms with E-state index in [1.165, 1.54) is 24.9 Å². The molecule has 0 amide bonds. The van der Waals surface area contributed by atoms with E-state index < -0.39 is 10.8 Å². The molecular weight excluding hydrogens is 268 g/mol. The molecule has 4 heteroatoms. The van der Waals surface area contributed by atoms with Crippen LogP contribution in [0.5, 0.6) is 0 Å². The van der Waals surface area contributed by atoms with Crippen molar-refractivity contribution in [3.63, 3.8) is 0 Å². The van der Waals surface area contributed by atoms with Gasteiger partial charge in [0, 0.05) is 54.5 Å². The largest absolute Gasteiger partial charge is 0.297 e. The number of nitrogens with zero attached hydrogens (tertiary/aromatic N) is 2. The molecule has 2 saturated heterocycles. The van der Waals surface area contributed by atoms with Gasteiger partial charge >= 0.3 is 0 Å². The highest BCUT2D eigenvalue weighted by molar-refractivity contribution is 7.84. The first kappa shape index (κ1) is 14.2. The van der Waals surface area contributed by atoms with E-state index in [2.05, 4.69) is 40.1 Å². The molecule has 0 bridgehead atoms. The van der Waals surface area contributed by atoms with Crippen LogP contribution >= 0.6 is 0 Å². The Labute approximate surface area is 124 Å². The van der Waals surface area contributed by atoms with Gasteiger partial charge in [-0.25, -0.2) is 0 Å². The van der Waals surface area contributed by atoms with Gasteiger partial charge in [0.2, 0.25) is 0 Å². The maximum Gasteiger partial charge on any atom is 0.0476 e. The van der Waals surface area contributed by atoms with E-state index in [-0.39, 0.29) is 0 Å². The monoisotopic (exact) mass is 292 g/mol. The molecule has 3 unspecified atom stereocenters. The molecule has 3 atom stereocenters. The first-order chi connectivity index (χ1) is 9.74. The van der Waals surface area contributed by atoms with Gasteiger partial charge in [-0.1, -0.05) is 30.3 Å². The lowest BCUT2D eigenvalue weighted by atomic mass is 10.00. The molecule has 0 radical (unpaired) electrons. The fourth-order valence-corrected chi connectivity index (χ4v) is 4.05. The van der Waals surface area contributed by atoms with Crippen molar-refractivity contribution in [2.45, 2.75) is 24.9 Å². The lowest BCUT2D eigenvalue weighted by Gasteiger charge is -2.44. The van der Waals surface area contributed by atoms with Crippen LogP contribution < -0.4 is 0 Å². The van der Waals surface area contributed by atoms with Crippen molar-refractivity contribution in [2.24, 2.45) is 0 Å². The maximum atomic E-state index is 11.4. The van der Waals surface area contributed by atoms with E-state index in [1.54, 1.807) is 0 Å². The molecule has 0 N–H and O–H groups in total. The minimum Gasteiger partial charge on any atom is -0.297 e. The van der Waals surface area contributed by atoms with Crippen LogP contribution in [0.25, 0.3) is 0 Å². The Morgan fingerprint density at radius 3 is 2.80 bits per heavy atom. The number of hydrogen-bond acceptors (Lipinski definition) is 3. The zero-order valence-corrected chi connectivity index (χ0v) is 13.0. The van der Waals surface area contributed by atoms with Gasteiger partial charge in [0.05, 0.1) is 0 Å². The molecule has 20 heavy (non-hydrogen) atoms. The number of fused-ring (bicyclic) bond motifs is 1. The topological polar surface area (TPSA) is 23.6 Å². The van der Waals surface area contributed by atoms with E-state index in [0.717, 1.165) is 31.4 Å². The molecule has 0 spiro atoms. The molecule has 3 nitrogen and oxygen atoms in total. The Kier molecular flexibility index (Phi) is 4.54. The zero-order valence-electron chi connectivity index (χ0n) is 12.2. The van der Waals surface area contributed by atoms with Gasteiger partial charge in [0.15, 0.2) is 0 Å². The first-order valence-corrected chi connectivity index (χ1v) is 9.30. The average Bonchev–Trinajstić information content (AvgIpc) is 2.92. The SMILES string of the molecule is CS(=O)CCN1CC2CCCN2CC1c1ccccc1. The summed E-state index contributed by atoms with van der Waals surface area (Å²) in [5, 5.41) is 0. The van der Waals surface area contributed by atoms with Crippen LogP contribution in [0.4, 0.5) is 0 Å². The van der Waals surface area contributed by atoms with Gasteiger partial charge in [-0.05, 0) is 24.9 Å². The minimum atomic E-state index is -0.700. The molecule has 2 aliphatic rings. The van der Waals surface area contributed by atoms with E-state index in [1.807, 2.05) is 6.26 Å². The van der Waals surface area contributed by atoms with Crippen LogP contribution in [0.1, 0.15) is 24.4 Å². The highest BCUT2D eigenvalue weighted by atomic mass is 32.2. The predicted octanol–water partition coefficient (Wildman–Crippen LogP) is 1.89. The third-order valence-electron chi connectivity index (χ3n) is 4.64. The van der Waals surface area contributed by atoms with Gasteiger partial charge in [0.1, 0.15) is 0 Å². The van der Waals surface area contributed by atoms with Crippen LogP contribution in [0.2, 0.25) is 0 Å². The molecule has 2 heterocycles. The van der Waals surface area contributed by atoms with Crippen molar-refractivity contribution in [3.05, 3.63) is 35.9 Å². The second-order valence-electron chi connectivity index (χ2n) is 5.99. The molecule has 2 aliphatic heterocycles. The number of rotatable bonds is 4. The Morgan fingerprint density at radius 1 is 1.25 bits per heavy atom. The predicted molar refractivity (Wildman–Crippen MR) is 84.3 cm³/mol. The highest BCUT2D eigenvalue weighted by Gasteiger charge is 2.36. The van der Waals surface area contributed by atoms with Crippen molar-refractivity contribution in [3.8, 4) is 0 Å². The lowest BCUT2D eigenvalue weighted by Crippen LogP contribution is -2.52. The van der Waals surface area contributed by atoms with Crippen molar-refractivity contribution < 1.29 is 4.21 Å². The Hall–Kier alpha value is -0.710. The molecule has 0 aromatic heterocycles. The zero-order chi connectivity index (χ0) is 13.9. The molecule has 110 valence electrons. The molecule has 0 aliphatic carbocycles. The summed E-state index contributed by atoms with van der Waals surface area (Å²) in [4.78, 5) is 5.21. The third kappa shape index (κ3) is 3.13. The van der Waals surface area contributed by atoms with Crippen LogP contribution in [0.15, 0.2) is 30.3 Å². The summed E-state index contributed by atoms with van der Waals surface area (Å²) in [5.74, 6) is 0.788. The van der Waals surface area contributed by atoms with Crippen molar-refractivity contribution in [2.75, 3.05) is 38.2 Å². The number of benzene rings is 1. The average molecular weight is 292 g/mol. The van der Waals surface area contributed by atoms with Crippen LogP contribution in [-0.4, -0.2) is 58.2 Å². The normalized spacial score (nSPS) is 29.2. The second-order valence-corrected chi connectivity index (χ2v) is 7.54. The van der Waals surface area contributed by atoms with Crippen molar-refractivity contribution in [1.29, 1.82) is 0 Å². The fourth-order valence-electron chi connectivity index (χ4n) is 3.56. The summed E-state index contributed by atoms with van der Waals surface area (Å²) in [6, 6.07) is 12.0. The van der Waals surface area contributed by atoms with Crippen molar-refractivity contribution in [1.82, 2.24) is 9.80 Å². The smallest absolute Gasteiger partial charge is 0.0476 e. The summed E-state index contributed by atoms with van der Waals surface area (Å²) in [6.07, 6.45) is 4.47. The highest BCUT2D eigenvalue weighted by Crippen LogP contribution is 2.32. The van der Waals surface area contributed by atoms with E-state index >= 15 is 0 Å². The van der Waals surface area contributed by atoms with E-state index in [4.69, 9.17) is 0 Å². The van der Waals surface area contributed by atoms with Gasteiger partial charge in [-0.15, -0.1) is 0 Å². The van der Waals surface area contributed by atoms with Gasteiger partial charge in [-0.2, -0.15) is 0 Å². The molecule has 0 saturated carbocycles. The fraction of sp³-hybridized carbons (Fsp3) is 0.625. The van der Waals surface area contributed by atoms with Gasteiger partial charge < -0.3 is 0 Å². The maximum absolute atomic E-state index is 11.4. The Morgan fingerprint density at radius 2 is 2.05 bits per heavy atom. The second kappa shape index (κ2) is 6.37. The Bertz CT molecular complexity index is 465. The molecule has 1 aromatic rings. The molecular formula is C16H24N2OS. The van der Waals surface area contributed by atoms with Gasteiger partial charge in [-0.3, -0.25) is 14.0 Å². The summed E-state index contributed by atoms with van der Waals surface area (Å²) in [7, 11) is -0.700. The molecule has 3 rings (SSSR count). The standard InChI is InChI=1S/C16H24N2OS/c1-20(19)11-10-18-12-15-8-5-9-17(15)13-16(18)14-6-3-2-4-7-14/h2-4,6-7,15-16H,5,8-13H2,1H3. The van der Waals surface area contributed by atoms with Crippen molar-refractivity contribution >= 4 is 10.8 Å². The summed E-state index contributed by atoms with van der Waals surface area (Å²) in [5.41, 5.74) is 1.40. The van der Waals surface area contributed by atoms with E-state index in [9.17, 15) is 4.21 Å². The Balaban J connectivity index is 1.77. The quantitative estimate of drug-likeness (QED) is 0.847. The van der Waals surface area contributed by atoms with Crippen LogP contribution in [0, 0.1) is 0 Å². The number of hydrogen-bond donors (Lipinski definition) is 0. The van der Waals surface area contributed by atoms with E-state index in [0.29, 0.717) is 6.04 Å².